The second-order valence-corrected chi connectivity index (χ2v) is 4.27. The molecule has 0 spiro atoms. The molecule has 90 valence electrons. The molecule has 0 saturated heterocycles. The Kier molecular flexibility index (Phi) is 5.19. The number of nitrogens with one attached hydrogen (secondary N) is 1. The third-order valence-electron chi connectivity index (χ3n) is 2.69. The number of benzene rings is 1. The molecule has 0 aliphatic carbocycles. The number of ether oxygens (including phenoxy) is 1. The third-order valence-corrected chi connectivity index (χ3v) is 2.98. The quantitative estimate of drug-likeness (QED) is 0.861. The van der Waals surface area contributed by atoms with Gasteiger partial charge in [-0.25, -0.2) is 4.39 Å². The Bertz CT molecular complexity index is 346. The van der Waals surface area contributed by atoms with Gasteiger partial charge in [-0.05, 0) is 31.5 Å². The first kappa shape index (κ1) is 13.4. The zero-order valence-corrected chi connectivity index (χ0v) is 10.5. The summed E-state index contributed by atoms with van der Waals surface area (Å²) in [6.45, 7) is 4.68. The Morgan fingerprint density at radius 1 is 1.44 bits per heavy atom. The lowest BCUT2D eigenvalue weighted by Crippen LogP contribution is -2.36. The molecule has 0 aromatic heterocycles. The summed E-state index contributed by atoms with van der Waals surface area (Å²) in [6, 6.07) is 4.96. The summed E-state index contributed by atoms with van der Waals surface area (Å²) in [4.78, 5) is 0. The van der Waals surface area contributed by atoms with Crippen molar-refractivity contribution in [2.75, 3.05) is 7.11 Å². The van der Waals surface area contributed by atoms with Gasteiger partial charge in [-0.15, -0.1) is 0 Å². The molecule has 0 radical (unpaired) electrons. The summed E-state index contributed by atoms with van der Waals surface area (Å²) in [5.74, 6) is -0.385. The van der Waals surface area contributed by atoms with Crippen LogP contribution < -0.4 is 5.32 Å². The Morgan fingerprint density at radius 2 is 2.12 bits per heavy atom. The largest absolute Gasteiger partial charge is 0.380 e. The molecule has 2 unspecified atom stereocenters. The van der Waals surface area contributed by atoms with Crippen LogP contribution in [0.15, 0.2) is 18.2 Å². The molecule has 0 amide bonds. The van der Waals surface area contributed by atoms with Crippen LogP contribution in [-0.4, -0.2) is 19.3 Å². The van der Waals surface area contributed by atoms with Crippen molar-refractivity contribution in [1.29, 1.82) is 0 Å². The van der Waals surface area contributed by atoms with Crippen LogP contribution in [0.3, 0.4) is 0 Å². The average molecular weight is 246 g/mol. The molecule has 0 aliphatic rings. The molecule has 1 rings (SSSR count). The smallest absolute Gasteiger partial charge is 0.141 e. The molecule has 2 atom stereocenters. The van der Waals surface area contributed by atoms with Crippen LogP contribution in [0.1, 0.15) is 19.4 Å². The second kappa shape index (κ2) is 6.18. The summed E-state index contributed by atoms with van der Waals surface area (Å²) in [5.41, 5.74) is 0.960. The van der Waals surface area contributed by atoms with Crippen LogP contribution >= 0.6 is 11.6 Å². The van der Waals surface area contributed by atoms with Crippen molar-refractivity contribution in [3.63, 3.8) is 0 Å². The van der Waals surface area contributed by atoms with Gasteiger partial charge in [0.1, 0.15) is 5.82 Å². The highest BCUT2D eigenvalue weighted by Crippen LogP contribution is 2.16. The minimum Gasteiger partial charge on any atom is -0.380 e. The molecule has 1 N–H and O–H groups in total. The van der Waals surface area contributed by atoms with Crippen LogP contribution in [0.5, 0.6) is 0 Å². The number of rotatable bonds is 5. The van der Waals surface area contributed by atoms with Gasteiger partial charge in [0.05, 0.1) is 11.1 Å². The maximum Gasteiger partial charge on any atom is 0.141 e. The molecule has 1 aromatic carbocycles. The number of halogens is 2. The lowest BCUT2D eigenvalue weighted by Gasteiger charge is -2.20. The van der Waals surface area contributed by atoms with Crippen LogP contribution in [0, 0.1) is 5.82 Å². The number of hydrogen-bond donors (Lipinski definition) is 1. The molecule has 1 aromatic rings. The van der Waals surface area contributed by atoms with E-state index in [0.717, 1.165) is 5.56 Å². The Hall–Kier alpha value is -0.640. The van der Waals surface area contributed by atoms with E-state index in [0.29, 0.717) is 6.54 Å². The average Bonchev–Trinajstić information content (AvgIpc) is 2.29. The van der Waals surface area contributed by atoms with Crippen LogP contribution in [-0.2, 0) is 11.3 Å². The van der Waals surface area contributed by atoms with Crippen molar-refractivity contribution in [3.8, 4) is 0 Å². The highest BCUT2D eigenvalue weighted by Gasteiger charge is 2.10. The van der Waals surface area contributed by atoms with E-state index in [1.807, 2.05) is 13.8 Å². The lowest BCUT2D eigenvalue weighted by atomic mass is 10.1. The molecule has 0 fully saturated rings. The number of hydrogen-bond acceptors (Lipinski definition) is 2. The molecule has 4 heteroatoms. The van der Waals surface area contributed by atoms with Gasteiger partial charge >= 0.3 is 0 Å². The van der Waals surface area contributed by atoms with E-state index in [1.165, 1.54) is 6.07 Å². The SMILES string of the molecule is COC(C)C(C)NCc1ccc(F)c(Cl)c1. The maximum atomic E-state index is 12.9. The Labute approximate surface area is 101 Å². The van der Waals surface area contributed by atoms with Crippen molar-refractivity contribution in [3.05, 3.63) is 34.6 Å². The summed E-state index contributed by atoms with van der Waals surface area (Å²) >= 11 is 5.69. The summed E-state index contributed by atoms with van der Waals surface area (Å²) < 4.78 is 18.1. The van der Waals surface area contributed by atoms with Crippen LogP contribution in [0.25, 0.3) is 0 Å². The van der Waals surface area contributed by atoms with Crippen LogP contribution in [0.2, 0.25) is 5.02 Å². The first-order valence-electron chi connectivity index (χ1n) is 5.24. The van der Waals surface area contributed by atoms with Gasteiger partial charge in [0, 0.05) is 19.7 Å². The van der Waals surface area contributed by atoms with Gasteiger partial charge in [0.2, 0.25) is 0 Å². The molecule has 0 saturated carbocycles. The molecule has 2 nitrogen and oxygen atoms in total. The predicted molar refractivity (Wildman–Crippen MR) is 64.2 cm³/mol. The van der Waals surface area contributed by atoms with Gasteiger partial charge in [0.25, 0.3) is 0 Å². The van der Waals surface area contributed by atoms with Crippen molar-refractivity contribution in [1.82, 2.24) is 5.32 Å². The highest BCUT2D eigenvalue weighted by atomic mass is 35.5. The molecule has 0 aliphatic heterocycles. The third kappa shape index (κ3) is 3.74. The van der Waals surface area contributed by atoms with E-state index >= 15 is 0 Å². The minimum atomic E-state index is -0.385. The number of methoxy groups -OCH3 is 1. The molecule has 0 bridgehead atoms. The first-order chi connectivity index (χ1) is 7.54. The Morgan fingerprint density at radius 3 is 2.69 bits per heavy atom. The van der Waals surface area contributed by atoms with Crippen molar-refractivity contribution >= 4 is 11.6 Å². The van der Waals surface area contributed by atoms with Gasteiger partial charge in [-0.1, -0.05) is 17.7 Å². The van der Waals surface area contributed by atoms with Gasteiger partial charge in [-0.3, -0.25) is 0 Å². The van der Waals surface area contributed by atoms with Gasteiger partial charge in [0.15, 0.2) is 0 Å². The standard InChI is InChI=1S/C12H17ClFNO/c1-8(9(2)16-3)15-7-10-4-5-12(14)11(13)6-10/h4-6,8-9,15H,7H2,1-3H3. The van der Waals surface area contributed by atoms with E-state index in [2.05, 4.69) is 5.32 Å². The van der Waals surface area contributed by atoms with E-state index in [9.17, 15) is 4.39 Å². The fourth-order valence-electron chi connectivity index (χ4n) is 1.30. The monoisotopic (exact) mass is 245 g/mol. The minimum absolute atomic E-state index is 0.135. The second-order valence-electron chi connectivity index (χ2n) is 3.86. The summed E-state index contributed by atoms with van der Waals surface area (Å²) in [5, 5.41) is 3.45. The fraction of sp³-hybridized carbons (Fsp3) is 0.500. The molecule has 0 heterocycles. The van der Waals surface area contributed by atoms with Crippen LogP contribution in [0.4, 0.5) is 4.39 Å². The zero-order valence-electron chi connectivity index (χ0n) is 9.76. The maximum absolute atomic E-state index is 12.9. The summed E-state index contributed by atoms with van der Waals surface area (Å²) in [6.07, 6.45) is 0.135. The molecular formula is C12H17ClFNO. The van der Waals surface area contributed by atoms with E-state index in [1.54, 1.807) is 19.2 Å². The van der Waals surface area contributed by atoms with Crippen molar-refractivity contribution < 1.29 is 9.13 Å². The van der Waals surface area contributed by atoms with E-state index in [-0.39, 0.29) is 23.0 Å². The van der Waals surface area contributed by atoms with Crippen molar-refractivity contribution in [2.24, 2.45) is 0 Å². The lowest BCUT2D eigenvalue weighted by molar-refractivity contribution is 0.0882. The highest BCUT2D eigenvalue weighted by molar-refractivity contribution is 6.30. The predicted octanol–water partition coefficient (Wildman–Crippen LogP) is 2.99. The van der Waals surface area contributed by atoms with Gasteiger partial charge in [-0.2, -0.15) is 0 Å². The molecular weight excluding hydrogens is 229 g/mol. The van der Waals surface area contributed by atoms with Gasteiger partial charge < -0.3 is 10.1 Å². The van der Waals surface area contributed by atoms with E-state index in [4.69, 9.17) is 16.3 Å². The fourth-order valence-corrected chi connectivity index (χ4v) is 1.50. The van der Waals surface area contributed by atoms with E-state index < -0.39 is 0 Å². The topological polar surface area (TPSA) is 21.3 Å². The summed E-state index contributed by atoms with van der Waals surface area (Å²) in [7, 11) is 1.68. The van der Waals surface area contributed by atoms with Crippen molar-refractivity contribution in [2.45, 2.75) is 32.5 Å². The Balaban J connectivity index is 2.51. The first-order valence-corrected chi connectivity index (χ1v) is 5.62. The zero-order chi connectivity index (χ0) is 12.1. The molecule has 16 heavy (non-hydrogen) atoms. The normalized spacial score (nSPS) is 14.8.